The fourth-order valence-electron chi connectivity index (χ4n) is 0.738. The maximum atomic E-state index is 5.32. The van der Waals surface area contributed by atoms with Gasteiger partial charge in [-0.1, -0.05) is 13.3 Å². The Hall–Kier alpha value is -0.120. The highest BCUT2D eigenvalue weighted by Gasteiger charge is 1.88. The second kappa shape index (κ2) is 9.88. The summed E-state index contributed by atoms with van der Waals surface area (Å²) in [6.45, 7) is 4.52. The summed E-state index contributed by atoms with van der Waals surface area (Å²) in [7, 11) is 0. The Bertz CT molecular complexity index is 61.1. The van der Waals surface area contributed by atoms with Crippen molar-refractivity contribution in [3.05, 3.63) is 0 Å². The molecule has 3 nitrogen and oxygen atoms in total. The molecule has 0 unspecified atom stereocenters. The zero-order valence-corrected chi connectivity index (χ0v) is 7.34. The summed E-state index contributed by atoms with van der Waals surface area (Å²) < 4.78 is 5.32. The number of nitrogens with two attached hydrogens (primary N) is 1. The Morgan fingerprint density at radius 2 is 1.64 bits per heavy atom. The van der Waals surface area contributed by atoms with Gasteiger partial charge >= 0.3 is 0 Å². The van der Waals surface area contributed by atoms with Gasteiger partial charge < -0.3 is 9.57 Å². The third-order valence-corrected chi connectivity index (χ3v) is 1.44. The van der Waals surface area contributed by atoms with Crippen LogP contribution >= 0.6 is 0 Å². The first-order valence-electron chi connectivity index (χ1n) is 4.31. The topological polar surface area (TPSA) is 44.5 Å². The van der Waals surface area contributed by atoms with Gasteiger partial charge in [-0.05, 0) is 19.3 Å². The van der Waals surface area contributed by atoms with Crippen LogP contribution < -0.4 is 5.90 Å². The normalized spacial score (nSPS) is 10.4. The van der Waals surface area contributed by atoms with Gasteiger partial charge in [-0.2, -0.15) is 0 Å². The zero-order chi connectivity index (χ0) is 8.36. The van der Waals surface area contributed by atoms with E-state index in [-0.39, 0.29) is 0 Å². The largest absolute Gasteiger partial charge is 0.381 e. The van der Waals surface area contributed by atoms with Crippen LogP contribution in [0.3, 0.4) is 0 Å². The minimum absolute atomic E-state index is 0.636. The van der Waals surface area contributed by atoms with Crippen LogP contribution in [-0.4, -0.2) is 19.8 Å². The van der Waals surface area contributed by atoms with Gasteiger partial charge in [0, 0.05) is 13.2 Å². The van der Waals surface area contributed by atoms with E-state index >= 15 is 0 Å². The lowest BCUT2D eigenvalue weighted by Gasteiger charge is -2.01. The van der Waals surface area contributed by atoms with Crippen LogP contribution in [0.25, 0.3) is 0 Å². The monoisotopic (exact) mass is 161 g/mol. The summed E-state index contributed by atoms with van der Waals surface area (Å²) in [6.07, 6.45) is 4.39. The molecule has 0 saturated heterocycles. The highest BCUT2D eigenvalue weighted by Crippen LogP contribution is 1.92. The van der Waals surface area contributed by atoms with Crippen LogP contribution in [0.5, 0.6) is 0 Å². The number of rotatable bonds is 8. The van der Waals surface area contributed by atoms with E-state index in [4.69, 9.17) is 10.6 Å². The Kier molecular flexibility index (Phi) is 9.77. The highest BCUT2D eigenvalue weighted by molar-refractivity contribution is 4.37. The van der Waals surface area contributed by atoms with Crippen LogP contribution in [0.4, 0.5) is 0 Å². The Balaban J connectivity index is 2.69. The van der Waals surface area contributed by atoms with Gasteiger partial charge in [-0.15, -0.1) is 0 Å². The number of unbranched alkanes of at least 4 members (excludes halogenated alkanes) is 2. The van der Waals surface area contributed by atoms with Crippen molar-refractivity contribution in [1.29, 1.82) is 0 Å². The molecule has 3 heteroatoms. The molecule has 0 rings (SSSR count). The maximum absolute atomic E-state index is 5.32. The van der Waals surface area contributed by atoms with Gasteiger partial charge in [0.05, 0.1) is 6.61 Å². The van der Waals surface area contributed by atoms with E-state index in [0.29, 0.717) is 6.61 Å². The van der Waals surface area contributed by atoms with Crippen molar-refractivity contribution >= 4 is 0 Å². The number of hydrogen-bond acceptors (Lipinski definition) is 3. The van der Waals surface area contributed by atoms with E-state index in [0.717, 1.165) is 32.5 Å². The summed E-state index contributed by atoms with van der Waals surface area (Å²) in [4.78, 5) is 4.41. The van der Waals surface area contributed by atoms with Crippen LogP contribution in [0.2, 0.25) is 0 Å². The smallest absolute Gasteiger partial charge is 0.0680 e. The molecule has 0 spiro atoms. The van der Waals surface area contributed by atoms with Crippen molar-refractivity contribution in [2.24, 2.45) is 5.90 Å². The van der Waals surface area contributed by atoms with E-state index in [1.807, 2.05) is 0 Å². The Morgan fingerprint density at radius 3 is 2.27 bits per heavy atom. The van der Waals surface area contributed by atoms with E-state index in [1.165, 1.54) is 6.42 Å². The minimum Gasteiger partial charge on any atom is -0.381 e. The molecule has 0 aromatic rings. The molecule has 0 aromatic heterocycles. The molecule has 2 N–H and O–H groups in total. The molecule has 11 heavy (non-hydrogen) atoms. The van der Waals surface area contributed by atoms with Crippen molar-refractivity contribution in [3.63, 3.8) is 0 Å². The van der Waals surface area contributed by atoms with Gasteiger partial charge in [-0.25, -0.2) is 5.90 Å². The quantitative estimate of drug-likeness (QED) is 0.433. The van der Waals surface area contributed by atoms with Crippen LogP contribution in [0, 0.1) is 0 Å². The Morgan fingerprint density at radius 1 is 1.00 bits per heavy atom. The van der Waals surface area contributed by atoms with Crippen LogP contribution in [-0.2, 0) is 9.57 Å². The molecule has 0 aliphatic carbocycles. The first-order valence-corrected chi connectivity index (χ1v) is 4.31. The standard InChI is InChI=1S/C8H19NO2/c1-2-3-6-10-7-4-5-8-11-9/h2-9H2,1H3. The maximum Gasteiger partial charge on any atom is 0.0680 e. The van der Waals surface area contributed by atoms with E-state index in [9.17, 15) is 0 Å². The van der Waals surface area contributed by atoms with Crippen molar-refractivity contribution < 1.29 is 9.57 Å². The molecule has 0 aromatic carbocycles. The SMILES string of the molecule is CCCCOCCCCON. The first kappa shape index (κ1) is 10.9. The Labute approximate surface area is 68.8 Å². The lowest BCUT2D eigenvalue weighted by Crippen LogP contribution is -2.03. The molecule has 0 aliphatic rings. The van der Waals surface area contributed by atoms with Gasteiger partial charge in [0.25, 0.3) is 0 Å². The summed E-state index contributed by atoms with van der Waals surface area (Å²) in [6, 6.07) is 0. The first-order chi connectivity index (χ1) is 5.41. The van der Waals surface area contributed by atoms with Crippen molar-refractivity contribution in [2.45, 2.75) is 32.6 Å². The van der Waals surface area contributed by atoms with E-state index in [1.54, 1.807) is 0 Å². The van der Waals surface area contributed by atoms with Gasteiger partial charge in [0.1, 0.15) is 0 Å². The third kappa shape index (κ3) is 9.88. The molecular weight excluding hydrogens is 142 g/mol. The lowest BCUT2D eigenvalue weighted by molar-refractivity contribution is 0.102. The lowest BCUT2D eigenvalue weighted by atomic mass is 10.3. The van der Waals surface area contributed by atoms with Gasteiger partial charge in [-0.3, -0.25) is 0 Å². The number of hydrogen-bond donors (Lipinski definition) is 1. The van der Waals surface area contributed by atoms with Crippen LogP contribution in [0.1, 0.15) is 32.6 Å². The van der Waals surface area contributed by atoms with E-state index in [2.05, 4.69) is 11.8 Å². The van der Waals surface area contributed by atoms with Crippen LogP contribution in [0.15, 0.2) is 0 Å². The number of ether oxygens (including phenoxy) is 1. The molecular formula is C8H19NO2. The average molecular weight is 161 g/mol. The second-order valence-corrected chi connectivity index (χ2v) is 2.54. The predicted molar refractivity (Wildman–Crippen MR) is 45.1 cm³/mol. The molecule has 68 valence electrons. The van der Waals surface area contributed by atoms with Crippen molar-refractivity contribution in [2.75, 3.05) is 19.8 Å². The van der Waals surface area contributed by atoms with Gasteiger partial charge in [0.2, 0.25) is 0 Å². The molecule has 0 bridgehead atoms. The fourth-order valence-corrected chi connectivity index (χ4v) is 0.738. The summed E-state index contributed by atoms with van der Waals surface area (Å²) in [5.74, 6) is 4.85. The summed E-state index contributed by atoms with van der Waals surface area (Å²) >= 11 is 0. The summed E-state index contributed by atoms with van der Waals surface area (Å²) in [5, 5.41) is 0. The summed E-state index contributed by atoms with van der Waals surface area (Å²) in [5.41, 5.74) is 0. The third-order valence-electron chi connectivity index (χ3n) is 1.44. The molecule has 0 saturated carbocycles. The highest BCUT2D eigenvalue weighted by atomic mass is 16.6. The minimum atomic E-state index is 0.636. The van der Waals surface area contributed by atoms with Crippen molar-refractivity contribution in [3.8, 4) is 0 Å². The molecule has 0 heterocycles. The molecule has 0 fully saturated rings. The fraction of sp³-hybridized carbons (Fsp3) is 1.00. The molecule has 0 amide bonds. The van der Waals surface area contributed by atoms with Crippen molar-refractivity contribution in [1.82, 2.24) is 0 Å². The average Bonchev–Trinajstić information content (AvgIpc) is 2.03. The molecule has 0 atom stereocenters. The zero-order valence-electron chi connectivity index (χ0n) is 7.34. The predicted octanol–water partition coefficient (Wildman–Crippen LogP) is 1.47. The van der Waals surface area contributed by atoms with E-state index < -0.39 is 0 Å². The van der Waals surface area contributed by atoms with Gasteiger partial charge in [0.15, 0.2) is 0 Å². The molecule has 0 aliphatic heterocycles. The molecule has 0 radical (unpaired) electrons. The second-order valence-electron chi connectivity index (χ2n) is 2.54.